The summed E-state index contributed by atoms with van der Waals surface area (Å²) in [5.74, 6) is 0.198. The summed E-state index contributed by atoms with van der Waals surface area (Å²) in [4.78, 5) is 19.5. The van der Waals surface area contributed by atoms with E-state index in [1.54, 1.807) is 18.0 Å². The maximum absolute atomic E-state index is 11.8. The largest absolute Gasteiger partial charge is 0.497 e. The standard InChI is InChI=1S/C15H13N5O3/c1-22-13-4-2-12(3-5-13)20-9-11(18-19-20)10-23-15(21)14-8-16-6-7-17-14/h2-9H,10H2,1H3. The summed E-state index contributed by atoms with van der Waals surface area (Å²) in [5, 5.41) is 7.97. The van der Waals surface area contributed by atoms with E-state index in [1.165, 1.54) is 18.6 Å². The lowest BCUT2D eigenvalue weighted by Crippen LogP contribution is -2.07. The topological polar surface area (TPSA) is 92.0 Å². The Morgan fingerprint density at radius 3 is 2.74 bits per heavy atom. The van der Waals surface area contributed by atoms with Crippen molar-refractivity contribution < 1.29 is 14.3 Å². The molecular weight excluding hydrogens is 298 g/mol. The Kier molecular flexibility index (Phi) is 4.23. The average Bonchev–Trinajstić information content (AvgIpc) is 3.09. The van der Waals surface area contributed by atoms with E-state index in [-0.39, 0.29) is 12.3 Å². The van der Waals surface area contributed by atoms with Crippen LogP contribution >= 0.6 is 0 Å². The molecule has 8 heteroatoms. The first kappa shape index (κ1) is 14.6. The van der Waals surface area contributed by atoms with Crippen LogP contribution in [0.25, 0.3) is 5.69 Å². The number of esters is 1. The van der Waals surface area contributed by atoms with Gasteiger partial charge in [-0.2, -0.15) is 0 Å². The monoisotopic (exact) mass is 311 g/mol. The van der Waals surface area contributed by atoms with E-state index in [0.717, 1.165) is 11.4 Å². The molecule has 0 amide bonds. The first-order chi connectivity index (χ1) is 11.3. The van der Waals surface area contributed by atoms with E-state index in [9.17, 15) is 4.79 Å². The van der Waals surface area contributed by atoms with Crippen LogP contribution in [-0.2, 0) is 11.3 Å². The summed E-state index contributed by atoms with van der Waals surface area (Å²) in [6.45, 7) is 0.00552. The van der Waals surface area contributed by atoms with E-state index in [1.807, 2.05) is 24.3 Å². The molecule has 3 rings (SSSR count). The van der Waals surface area contributed by atoms with Crippen molar-refractivity contribution in [2.45, 2.75) is 6.61 Å². The Bertz CT molecular complexity index is 786. The van der Waals surface area contributed by atoms with Gasteiger partial charge in [-0.25, -0.2) is 14.5 Å². The maximum atomic E-state index is 11.8. The fourth-order valence-electron chi connectivity index (χ4n) is 1.84. The molecule has 2 heterocycles. The number of hydrogen-bond donors (Lipinski definition) is 0. The Morgan fingerprint density at radius 2 is 2.04 bits per heavy atom. The fourth-order valence-corrected chi connectivity index (χ4v) is 1.84. The van der Waals surface area contributed by atoms with Crippen LogP contribution in [0.5, 0.6) is 5.75 Å². The highest BCUT2D eigenvalue weighted by Gasteiger charge is 2.10. The second-order valence-corrected chi connectivity index (χ2v) is 4.52. The number of carbonyl (C=O) groups is 1. The van der Waals surface area contributed by atoms with Crippen LogP contribution in [0.3, 0.4) is 0 Å². The third-order valence-corrected chi connectivity index (χ3v) is 3.00. The number of hydrogen-bond acceptors (Lipinski definition) is 7. The van der Waals surface area contributed by atoms with E-state index >= 15 is 0 Å². The van der Waals surface area contributed by atoms with Gasteiger partial charge in [0.15, 0.2) is 5.69 Å². The number of ether oxygens (including phenoxy) is 2. The molecule has 0 radical (unpaired) electrons. The second-order valence-electron chi connectivity index (χ2n) is 4.52. The molecule has 0 aliphatic carbocycles. The highest BCUT2D eigenvalue weighted by Crippen LogP contribution is 2.14. The molecule has 0 N–H and O–H groups in total. The number of rotatable bonds is 5. The zero-order valence-corrected chi connectivity index (χ0v) is 12.3. The van der Waals surface area contributed by atoms with Gasteiger partial charge in [-0.15, -0.1) is 5.10 Å². The summed E-state index contributed by atoms with van der Waals surface area (Å²) in [6.07, 6.45) is 5.94. The van der Waals surface area contributed by atoms with Gasteiger partial charge in [0.05, 0.1) is 25.2 Å². The predicted molar refractivity (Wildman–Crippen MR) is 79.1 cm³/mol. The number of aromatic nitrogens is 5. The van der Waals surface area contributed by atoms with E-state index < -0.39 is 5.97 Å². The Morgan fingerprint density at radius 1 is 1.22 bits per heavy atom. The van der Waals surface area contributed by atoms with Crippen LogP contribution in [0.15, 0.2) is 49.1 Å². The van der Waals surface area contributed by atoms with Gasteiger partial charge in [0.1, 0.15) is 18.1 Å². The molecule has 0 saturated heterocycles. The minimum absolute atomic E-state index is 0.00552. The van der Waals surface area contributed by atoms with E-state index in [0.29, 0.717) is 5.69 Å². The molecule has 0 atom stereocenters. The van der Waals surface area contributed by atoms with Crippen LogP contribution in [0.4, 0.5) is 0 Å². The molecule has 0 fully saturated rings. The lowest BCUT2D eigenvalue weighted by Gasteiger charge is -2.02. The number of methoxy groups -OCH3 is 1. The van der Waals surface area contributed by atoms with Crippen LogP contribution < -0.4 is 4.74 Å². The minimum atomic E-state index is -0.558. The normalized spacial score (nSPS) is 10.3. The van der Waals surface area contributed by atoms with Gasteiger partial charge in [0.2, 0.25) is 0 Å². The summed E-state index contributed by atoms with van der Waals surface area (Å²) in [6, 6.07) is 7.35. The molecule has 3 aromatic rings. The SMILES string of the molecule is COc1ccc(-n2cc(COC(=O)c3cnccn3)nn2)cc1. The summed E-state index contributed by atoms with van der Waals surface area (Å²) >= 11 is 0. The number of carbonyl (C=O) groups excluding carboxylic acids is 1. The van der Waals surface area contributed by atoms with Gasteiger partial charge in [0, 0.05) is 12.4 Å². The summed E-state index contributed by atoms with van der Waals surface area (Å²) in [7, 11) is 1.61. The van der Waals surface area contributed by atoms with Gasteiger partial charge in [-0.3, -0.25) is 4.98 Å². The Labute approximate surface area is 131 Å². The molecule has 116 valence electrons. The molecule has 0 saturated carbocycles. The molecule has 0 bridgehead atoms. The van der Waals surface area contributed by atoms with Crippen molar-refractivity contribution in [1.29, 1.82) is 0 Å². The predicted octanol–water partition coefficient (Wildman–Crippen LogP) is 1.42. The highest BCUT2D eigenvalue weighted by molar-refractivity contribution is 5.86. The van der Waals surface area contributed by atoms with Crippen molar-refractivity contribution in [2.24, 2.45) is 0 Å². The first-order valence-corrected chi connectivity index (χ1v) is 6.75. The molecule has 0 unspecified atom stereocenters. The van der Waals surface area contributed by atoms with Crippen LogP contribution in [0, 0.1) is 0 Å². The van der Waals surface area contributed by atoms with Gasteiger partial charge < -0.3 is 9.47 Å². The molecular formula is C15H13N5O3. The third-order valence-electron chi connectivity index (χ3n) is 3.00. The van der Waals surface area contributed by atoms with Crippen molar-refractivity contribution in [2.75, 3.05) is 7.11 Å². The van der Waals surface area contributed by atoms with Gasteiger partial charge >= 0.3 is 5.97 Å². The Balaban J connectivity index is 1.64. The molecule has 0 spiro atoms. The molecule has 1 aromatic carbocycles. The lowest BCUT2D eigenvalue weighted by molar-refractivity contribution is 0.0460. The Hall–Kier alpha value is -3.29. The molecule has 23 heavy (non-hydrogen) atoms. The van der Waals surface area contributed by atoms with E-state index in [2.05, 4.69) is 20.3 Å². The van der Waals surface area contributed by atoms with Gasteiger partial charge in [0.25, 0.3) is 0 Å². The average molecular weight is 311 g/mol. The number of nitrogens with zero attached hydrogens (tertiary/aromatic N) is 5. The van der Waals surface area contributed by atoms with Crippen molar-refractivity contribution in [3.8, 4) is 11.4 Å². The van der Waals surface area contributed by atoms with Crippen LogP contribution in [-0.4, -0.2) is 38.0 Å². The second kappa shape index (κ2) is 6.65. The van der Waals surface area contributed by atoms with Crippen LogP contribution in [0.1, 0.15) is 16.2 Å². The van der Waals surface area contributed by atoms with Crippen molar-refractivity contribution in [3.05, 3.63) is 60.4 Å². The number of benzene rings is 1. The molecule has 0 aliphatic heterocycles. The smallest absolute Gasteiger partial charge is 0.358 e. The summed E-state index contributed by atoms with van der Waals surface area (Å²) in [5.41, 5.74) is 1.50. The molecule has 2 aromatic heterocycles. The van der Waals surface area contributed by atoms with Gasteiger partial charge in [-0.1, -0.05) is 5.21 Å². The minimum Gasteiger partial charge on any atom is -0.497 e. The third kappa shape index (κ3) is 3.49. The molecule has 8 nitrogen and oxygen atoms in total. The maximum Gasteiger partial charge on any atom is 0.358 e. The van der Waals surface area contributed by atoms with Crippen molar-refractivity contribution >= 4 is 5.97 Å². The zero-order chi connectivity index (χ0) is 16.1. The zero-order valence-electron chi connectivity index (χ0n) is 12.3. The van der Waals surface area contributed by atoms with E-state index in [4.69, 9.17) is 9.47 Å². The van der Waals surface area contributed by atoms with Crippen molar-refractivity contribution in [1.82, 2.24) is 25.0 Å². The fraction of sp³-hybridized carbons (Fsp3) is 0.133. The van der Waals surface area contributed by atoms with Crippen LogP contribution in [0.2, 0.25) is 0 Å². The lowest BCUT2D eigenvalue weighted by atomic mass is 10.3. The molecule has 0 aliphatic rings. The quantitative estimate of drug-likeness (QED) is 0.658. The highest BCUT2D eigenvalue weighted by atomic mass is 16.5. The first-order valence-electron chi connectivity index (χ1n) is 6.75. The summed E-state index contributed by atoms with van der Waals surface area (Å²) < 4.78 is 11.8. The van der Waals surface area contributed by atoms with Crippen molar-refractivity contribution in [3.63, 3.8) is 0 Å². The van der Waals surface area contributed by atoms with Gasteiger partial charge in [-0.05, 0) is 24.3 Å².